The van der Waals surface area contributed by atoms with E-state index in [0.29, 0.717) is 11.4 Å². The molecule has 3 aromatic heterocycles. The Morgan fingerprint density at radius 2 is 2.00 bits per heavy atom. The van der Waals surface area contributed by atoms with Gasteiger partial charge in [0.15, 0.2) is 0 Å². The van der Waals surface area contributed by atoms with Gasteiger partial charge in [0.25, 0.3) is 0 Å². The first-order chi connectivity index (χ1) is 13.6. The molecule has 2 N–H and O–H groups in total. The van der Waals surface area contributed by atoms with E-state index in [2.05, 4.69) is 30.2 Å². The van der Waals surface area contributed by atoms with Crippen LogP contribution in [0.1, 0.15) is 19.8 Å². The molecule has 1 unspecified atom stereocenters. The van der Waals surface area contributed by atoms with Gasteiger partial charge in [0, 0.05) is 24.2 Å². The highest BCUT2D eigenvalue weighted by Crippen LogP contribution is 2.43. The van der Waals surface area contributed by atoms with E-state index in [1.165, 1.54) is 11.3 Å². The fraction of sp³-hybridized carbons (Fsp3) is 0.238. The molecule has 1 aromatic carbocycles. The minimum Gasteiger partial charge on any atom is -0.611 e. The number of aryl methyl sites for hydroxylation is 1. The third kappa shape index (κ3) is 3.53. The maximum atomic E-state index is 12.8. The molecule has 7 heteroatoms. The third-order valence-electron chi connectivity index (χ3n) is 4.64. The van der Waals surface area contributed by atoms with Crippen LogP contribution >= 0.6 is 11.3 Å². The van der Waals surface area contributed by atoms with Crippen LogP contribution < -0.4 is 5.73 Å². The van der Waals surface area contributed by atoms with E-state index in [1.807, 2.05) is 31.4 Å². The minimum absolute atomic E-state index is 0.596. The first kappa shape index (κ1) is 19.0. The number of nitrogens with two attached hydrogens (primary N) is 1. The van der Waals surface area contributed by atoms with Gasteiger partial charge < -0.3 is 10.3 Å². The largest absolute Gasteiger partial charge is 0.611 e. The molecule has 28 heavy (non-hydrogen) atoms. The van der Waals surface area contributed by atoms with Crippen LogP contribution in [-0.2, 0) is 18.2 Å². The summed E-state index contributed by atoms with van der Waals surface area (Å²) in [6.45, 7) is 2.10. The highest BCUT2D eigenvalue weighted by Gasteiger charge is 2.24. The number of benzene rings is 1. The van der Waals surface area contributed by atoms with Crippen molar-refractivity contribution in [1.29, 1.82) is 0 Å². The SMILES string of the molecule is CCCC[S+]([O-])c1sc2nc(-c3cnn(C)c3)cc(-c3ccccc3)c2c1N. The maximum absolute atomic E-state index is 12.8. The van der Waals surface area contributed by atoms with Crippen molar-refractivity contribution < 1.29 is 4.55 Å². The summed E-state index contributed by atoms with van der Waals surface area (Å²) in [6.07, 6.45) is 5.68. The Bertz CT molecular complexity index is 1100. The van der Waals surface area contributed by atoms with Gasteiger partial charge in [-0.1, -0.05) is 55.0 Å². The molecule has 0 saturated carbocycles. The van der Waals surface area contributed by atoms with Gasteiger partial charge in [-0.3, -0.25) is 4.68 Å². The van der Waals surface area contributed by atoms with E-state index < -0.39 is 11.2 Å². The molecule has 4 rings (SSSR count). The van der Waals surface area contributed by atoms with Gasteiger partial charge in [-0.2, -0.15) is 5.10 Å². The van der Waals surface area contributed by atoms with E-state index in [0.717, 1.165) is 49.7 Å². The van der Waals surface area contributed by atoms with Gasteiger partial charge in [-0.25, -0.2) is 4.98 Å². The Labute approximate surface area is 171 Å². The quantitative estimate of drug-likeness (QED) is 0.461. The molecule has 0 spiro atoms. The first-order valence-corrected chi connectivity index (χ1v) is 11.4. The normalized spacial score (nSPS) is 12.5. The summed E-state index contributed by atoms with van der Waals surface area (Å²) in [5.41, 5.74) is 11.0. The smallest absolute Gasteiger partial charge is 0.232 e. The molecule has 0 aliphatic carbocycles. The summed E-state index contributed by atoms with van der Waals surface area (Å²) < 4.78 is 15.3. The molecule has 0 fully saturated rings. The van der Waals surface area contributed by atoms with E-state index in [4.69, 9.17) is 10.7 Å². The fourth-order valence-electron chi connectivity index (χ4n) is 3.18. The van der Waals surface area contributed by atoms with Crippen LogP contribution in [0.4, 0.5) is 5.69 Å². The number of rotatable bonds is 6. The number of unbranched alkanes of at least 4 members (excludes halogenated alkanes) is 1. The van der Waals surface area contributed by atoms with Crippen LogP contribution in [-0.4, -0.2) is 25.1 Å². The molecule has 0 saturated heterocycles. The summed E-state index contributed by atoms with van der Waals surface area (Å²) in [5.74, 6) is 0.629. The molecule has 4 aromatic rings. The molecule has 1 atom stereocenters. The average Bonchev–Trinajstić information content (AvgIpc) is 3.29. The van der Waals surface area contributed by atoms with Crippen molar-refractivity contribution in [3.05, 3.63) is 48.8 Å². The first-order valence-electron chi connectivity index (χ1n) is 9.24. The Balaban J connectivity index is 1.93. The number of hydrogen-bond acceptors (Lipinski definition) is 5. The summed E-state index contributed by atoms with van der Waals surface area (Å²) in [5, 5.41) is 5.16. The molecule has 5 nitrogen and oxygen atoms in total. The average molecular weight is 411 g/mol. The second-order valence-electron chi connectivity index (χ2n) is 6.71. The Morgan fingerprint density at radius 1 is 1.21 bits per heavy atom. The number of nitrogens with zero attached hydrogens (tertiary/aromatic N) is 3. The highest BCUT2D eigenvalue weighted by atomic mass is 32.2. The number of fused-ring (bicyclic) bond motifs is 1. The zero-order valence-electron chi connectivity index (χ0n) is 15.9. The zero-order valence-corrected chi connectivity index (χ0v) is 17.5. The number of anilines is 1. The van der Waals surface area contributed by atoms with E-state index in [1.54, 1.807) is 10.9 Å². The zero-order chi connectivity index (χ0) is 19.7. The van der Waals surface area contributed by atoms with Crippen LogP contribution in [0.25, 0.3) is 32.6 Å². The summed E-state index contributed by atoms with van der Waals surface area (Å²) in [7, 11) is 1.89. The molecule has 0 amide bonds. The Hall–Kier alpha value is -2.35. The number of nitrogen functional groups attached to an aromatic ring is 1. The van der Waals surface area contributed by atoms with Gasteiger partial charge in [0.2, 0.25) is 4.21 Å². The topological polar surface area (TPSA) is 79.8 Å². The van der Waals surface area contributed by atoms with Gasteiger partial charge in [-0.05, 0) is 34.8 Å². The molecule has 0 radical (unpaired) electrons. The predicted octanol–water partition coefficient (Wildman–Crippen LogP) is 4.85. The molecule has 0 aliphatic rings. The van der Waals surface area contributed by atoms with Crippen molar-refractivity contribution >= 4 is 38.4 Å². The highest BCUT2D eigenvalue weighted by molar-refractivity contribution is 7.93. The number of thiophene rings is 1. The summed E-state index contributed by atoms with van der Waals surface area (Å²) in [4.78, 5) is 5.66. The predicted molar refractivity (Wildman–Crippen MR) is 118 cm³/mol. The molecular weight excluding hydrogens is 388 g/mol. The van der Waals surface area contributed by atoms with E-state index in [9.17, 15) is 4.55 Å². The van der Waals surface area contributed by atoms with Crippen LogP contribution in [0.2, 0.25) is 0 Å². The summed E-state index contributed by atoms with van der Waals surface area (Å²) >= 11 is 0.341. The van der Waals surface area contributed by atoms with E-state index >= 15 is 0 Å². The van der Waals surface area contributed by atoms with Crippen molar-refractivity contribution in [2.24, 2.45) is 7.05 Å². The van der Waals surface area contributed by atoms with E-state index in [-0.39, 0.29) is 0 Å². The van der Waals surface area contributed by atoms with Crippen LogP contribution in [0, 0.1) is 0 Å². The maximum Gasteiger partial charge on any atom is 0.232 e. The lowest BCUT2D eigenvalue weighted by Crippen LogP contribution is -2.06. The van der Waals surface area contributed by atoms with Gasteiger partial charge in [-0.15, -0.1) is 0 Å². The molecule has 0 bridgehead atoms. The second kappa shape index (κ2) is 7.95. The lowest BCUT2D eigenvalue weighted by molar-refractivity contribution is 0.594. The van der Waals surface area contributed by atoms with Crippen molar-refractivity contribution in [3.8, 4) is 22.4 Å². The number of hydrogen-bond donors (Lipinski definition) is 1. The van der Waals surface area contributed by atoms with Crippen molar-refractivity contribution in [3.63, 3.8) is 0 Å². The van der Waals surface area contributed by atoms with Crippen molar-refractivity contribution in [1.82, 2.24) is 14.8 Å². The third-order valence-corrected chi connectivity index (χ3v) is 7.64. The van der Waals surface area contributed by atoms with Gasteiger partial charge in [0.1, 0.15) is 16.3 Å². The minimum atomic E-state index is -1.10. The Morgan fingerprint density at radius 3 is 2.68 bits per heavy atom. The fourth-order valence-corrected chi connectivity index (χ4v) is 5.98. The van der Waals surface area contributed by atoms with Crippen molar-refractivity contribution in [2.45, 2.75) is 24.0 Å². The van der Waals surface area contributed by atoms with Crippen LogP contribution in [0.3, 0.4) is 0 Å². The van der Waals surface area contributed by atoms with Crippen LogP contribution in [0.15, 0.2) is 53.0 Å². The lowest BCUT2D eigenvalue weighted by Gasteiger charge is -2.09. The molecule has 3 heterocycles. The summed E-state index contributed by atoms with van der Waals surface area (Å²) in [6, 6.07) is 12.2. The monoisotopic (exact) mass is 410 g/mol. The van der Waals surface area contributed by atoms with Gasteiger partial charge >= 0.3 is 0 Å². The standard InChI is InChI=1S/C21H22N4OS2/c1-3-4-10-28(26)21-19(22)18-16(14-8-6-5-7-9-14)11-17(24-20(18)27-21)15-12-23-25(2)13-15/h5-9,11-13H,3-4,10,22H2,1-2H3. The Kier molecular flexibility index (Phi) is 5.39. The van der Waals surface area contributed by atoms with Crippen molar-refractivity contribution in [2.75, 3.05) is 11.5 Å². The number of pyridine rings is 1. The molecule has 144 valence electrons. The van der Waals surface area contributed by atoms with Gasteiger partial charge in [0.05, 0.1) is 11.9 Å². The van der Waals surface area contributed by atoms with Crippen LogP contribution in [0.5, 0.6) is 0 Å². The molecule has 0 aliphatic heterocycles. The number of aromatic nitrogens is 3. The lowest BCUT2D eigenvalue weighted by atomic mass is 10.0. The molecular formula is C21H22N4OS2. The second-order valence-corrected chi connectivity index (χ2v) is 9.48.